The summed E-state index contributed by atoms with van der Waals surface area (Å²) in [6, 6.07) is 0. The monoisotopic (exact) mass is 200 g/mol. The zero-order valence-corrected chi connectivity index (χ0v) is 10.3. The zero-order valence-electron chi connectivity index (χ0n) is 10.3. The maximum Gasteiger partial charge on any atom is 0.0540 e. The number of aliphatic hydroxyl groups is 1. The van der Waals surface area contributed by atoms with E-state index in [1.165, 1.54) is 38.5 Å². The minimum Gasteiger partial charge on any atom is -0.393 e. The van der Waals surface area contributed by atoms with E-state index in [0.29, 0.717) is 0 Å². The predicted octanol–water partition coefficient (Wildman–Crippen LogP) is 4.14. The highest BCUT2D eigenvalue weighted by atomic mass is 16.3. The largest absolute Gasteiger partial charge is 0.393 e. The highest BCUT2D eigenvalue weighted by Crippen LogP contribution is 2.20. The average molecular weight is 200 g/mol. The molecule has 0 radical (unpaired) electrons. The summed E-state index contributed by atoms with van der Waals surface area (Å²) in [6.45, 7) is 6.56. The molecule has 0 aliphatic heterocycles. The van der Waals surface area contributed by atoms with E-state index in [0.717, 1.165) is 18.8 Å². The second-order valence-corrected chi connectivity index (χ2v) is 4.42. The Kier molecular flexibility index (Phi) is 9.49. The predicted molar refractivity (Wildman–Crippen MR) is 63.5 cm³/mol. The van der Waals surface area contributed by atoms with E-state index in [1.54, 1.807) is 0 Å². The molecule has 0 aliphatic rings. The van der Waals surface area contributed by atoms with Gasteiger partial charge in [0.1, 0.15) is 0 Å². The van der Waals surface area contributed by atoms with Crippen molar-refractivity contribution < 1.29 is 5.11 Å². The van der Waals surface area contributed by atoms with Crippen molar-refractivity contribution in [3.63, 3.8) is 0 Å². The molecule has 1 heteroatoms. The van der Waals surface area contributed by atoms with Crippen molar-refractivity contribution in [2.45, 2.75) is 78.2 Å². The summed E-state index contributed by atoms with van der Waals surface area (Å²) >= 11 is 0. The van der Waals surface area contributed by atoms with Crippen LogP contribution in [-0.4, -0.2) is 11.2 Å². The van der Waals surface area contributed by atoms with Gasteiger partial charge in [0.05, 0.1) is 6.10 Å². The molecule has 0 bridgehead atoms. The van der Waals surface area contributed by atoms with Crippen LogP contribution < -0.4 is 0 Å². The van der Waals surface area contributed by atoms with E-state index in [-0.39, 0.29) is 6.10 Å². The molecule has 0 fully saturated rings. The topological polar surface area (TPSA) is 20.2 Å². The van der Waals surface area contributed by atoms with Crippen LogP contribution >= 0.6 is 0 Å². The summed E-state index contributed by atoms with van der Waals surface area (Å²) in [5.74, 6) is 0.752. The molecule has 1 N–H and O–H groups in total. The summed E-state index contributed by atoms with van der Waals surface area (Å²) in [7, 11) is 0. The first-order valence-corrected chi connectivity index (χ1v) is 6.42. The summed E-state index contributed by atoms with van der Waals surface area (Å²) in [6.07, 6.45) is 9.80. The second kappa shape index (κ2) is 9.51. The summed E-state index contributed by atoms with van der Waals surface area (Å²) in [4.78, 5) is 0. The van der Waals surface area contributed by atoms with E-state index >= 15 is 0 Å². The standard InChI is InChI=1S/C13H28O/c1-4-7-8-9-10-12(5-2)11-13(14)6-3/h12-14H,4-11H2,1-3H3. The highest BCUT2D eigenvalue weighted by molar-refractivity contribution is 4.63. The van der Waals surface area contributed by atoms with E-state index in [9.17, 15) is 5.11 Å². The highest BCUT2D eigenvalue weighted by Gasteiger charge is 2.10. The summed E-state index contributed by atoms with van der Waals surface area (Å²) < 4.78 is 0. The summed E-state index contributed by atoms with van der Waals surface area (Å²) in [5, 5.41) is 9.56. The van der Waals surface area contributed by atoms with Gasteiger partial charge in [0, 0.05) is 0 Å². The maximum atomic E-state index is 9.56. The Labute approximate surface area is 89.9 Å². The van der Waals surface area contributed by atoms with Gasteiger partial charge in [-0.3, -0.25) is 0 Å². The van der Waals surface area contributed by atoms with Gasteiger partial charge in [0.2, 0.25) is 0 Å². The van der Waals surface area contributed by atoms with Crippen molar-refractivity contribution in [1.29, 1.82) is 0 Å². The molecule has 0 rings (SSSR count). The van der Waals surface area contributed by atoms with Crippen LogP contribution in [0.15, 0.2) is 0 Å². The Balaban J connectivity index is 3.47. The first-order valence-electron chi connectivity index (χ1n) is 6.42. The second-order valence-electron chi connectivity index (χ2n) is 4.42. The fourth-order valence-electron chi connectivity index (χ4n) is 1.90. The number of hydrogen-bond donors (Lipinski definition) is 1. The van der Waals surface area contributed by atoms with Gasteiger partial charge >= 0.3 is 0 Å². The molecule has 14 heavy (non-hydrogen) atoms. The number of rotatable bonds is 9. The molecule has 0 spiro atoms. The molecule has 0 amide bonds. The van der Waals surface area contributed by atoms with Crippen molar-refractivity contribution in [2.24, 2.45) is 5.92 Å². The summed E-state index contributed by atoms with van der Waals surface area (Å²) in [5.41, 5.74) is 0. The molecule has 2 unspecified atom stereocenters. The quantitative estimate of drug-likeness (QED) is 0.554. The van der Waals surface area contributed by atoms with Crippen molar-refractivity contribution in [3.05, 3.63) is 0 Å². The van der Waals surface area contributed by atoms with Crippen molar-refractivity contribution in [1.82, 2.24) is 0 Å². The van der Waals surface area contributed by atoms with Gasteiger partial charge in [-0.05, 0) is 18.8 Å². The third kappa shape index (κ3) is 7.37. The van der Waals surface area contributed by atoms with Gasteiger partial charge in [0.15, 0.2) is 0 Å². The van der Waals surface area contributed by atoms with Gasteiger partial charge in [-0.1, -0.05) is 59.3 Å². The average Bonchev–Trinajstić information content (AvgIpc) is 2.22. The van der Waals surface area contributed by atoms with Gasteiger partial charge in [-0.2, -0.15) is 0 Å². The lowest BCUT2D eigenvalue weighted by Gasteiger charge is -2.17. The lowest BCUT2D eigenvalue weighted by atomic mass is 9.92. The van der Waals surface area contributed by atoms with Gasteiger partial charge in [-0.15, -0.1) is 0 Å². The Morgan fingerprint density at radius 3 is 2.14 bits per heavy atom. The fourth-order valence-corrected chi connectivity index (χ4v) is 1.90. The smallest absolute Gasteiger partial charge is 0.0540 e. The van der Waals surface area contributed by atoms with Crippen molar-refractivity contribution in [3.8, 4) is 0 Å². The first kappa shape index (κ1) is 14.0. The van der Waals surface area contributed by atoms with Crippen molar-refractivity contribution in [2.75, 3.05) is 0 Å². The molecule has 0 aromatic carbocycles. The van der Waals surface area contributed by atoms with Crippen LogP contribution in [0.25, 0.3) is 0 Å². The molecule has 86 valence electrons. The third-order valence-electron chi connectivity index (χ3n) is 3.12. The van der Waals surface area contributed by atoms with Crippen LogP contribution in [0.2, 0.25) is 0 Å². The van der Waals surface area contributed by atoms with Gasteiger partial charge < -0.3 is 5.11 Å². The van der Waals surface area contributed by atoms with Crippen LogP contribution in [0.5, 0.6) is 0 Å². The molecule has 0 aliphatic carbocycles. The molecule has 0 aromatic heterocycles. The normalized spacial score (nSPS) is 15.4. The maximum absolute atomic E-state index is 9.56. The minimum absolute atomic E-state index is 0.0638. The molecule has 1 nitrogen and oxygen atoms in total. The lowest BCUT2D eigenvalue weighted by molar-refractivity contribution is 0.133. The van der Waals surface area contributed by atoms with Crippen LogP contribution in [0.4, 0.5) is 0 Å². The molecule has 0 saturated heterocycles. The Bertz CT molecular complexity index is 112. The number of unbranched alkanes of at least 4 members (excludes halogenated alkanes) is 3. The van der Waals surface area contributed by atoms with Gasteiger partial charge in [-0.25, -0.2) is 0 Å². The number of aliphatic hydroxyl groups excluding tert-OH is 1. The minimum atomic E-state index is -0.0638. The molecule has 0 heterocycles. The van der Waals surface area contributed by atoms with Gasteiger partial charge in [0.25, 0.3) is 0 Å². The lowest BCUT2D eigenvalue weighted by Crippen LogP contribution is -2.12. The van der Waals surface area contributed by atoms with Crippen LogP contribution in [-0.2, 0) is 0 Å². The molecular formula is C13H28O. The van der Waals surface area contributed by atoms with E-state index in [1.807, 2.05) is 0 Å². The Morgan fingerprint density at radius 1 is 0.929 bits per heavy atom. The molecular weight excluding hydrogens is 172 g/mol. The van der Waals surface area contributed by atoms with E-state index < -0.39 is 0 Å². The SMILES string of the molecule is CCCCCCC(CC)CC(O)CC. The zero-order chi connectivity index (χ0) is 10.8. The van der Waals surface area contributed by atoms with Crippen LogP contribution in [0.1, 0.15) is 72.1 Å². The Morgan fingerprint density at radius 2 is 1.64 bits per heavy atom. The fraction of sp³-hybridized carbons (Fsp3) is 1.00. The van der Waals surface area contributed by atoms with Crippen molar-refractivity contribution >= 4 is 0 Å². The van der Waals surface area contributed by atoms with Crippen LogP contribution in [0, 0.1) is 5.92 Å². The molecule has 0 saturated carbocycles. The molecule has 2 atom stereocenters. The number of hydrogen-bond acceptors (Lipinski definition) is 1. The molecule has 0 aromatic rings. The van der Waals surface area contributed by atoms with Crippen LogP contribution in [0.3, 0.4) is 0 Å². The first-order chi connectivity index (χ1) is 6.74. The van der Waals surface area contributed by atoms with E-state index in [2.05, 4.69) is 20.8 Å². The Hall–Kier alpha value is -0.0400. The third-order valence-corrected chi connectivity index (χ3v) is 3.12. The van der Waals surface area contributed by atoms with E-state index in [4.69, 9.17) is 0 Å².